The maximum absolute atomic E-state index is 8.50. The molecule has 0 aliphatic carbocycles. The SMILES string of the molecule is Cc1cc(CNCc2cccc(OCC#N)c2)sc1C. The van der Waals surface area contributed by atoms with E-state index in [1.54, 1.807) is 0 Å². The van der Waals surface area contributed by atoms with Crippen LogP contribution in [0.4, 0.5) is 0 Å². The second kappa shape index (κ2) is 7.09. The predicted molar refractivity (Wildman–Crippen MR) is 81.9 cm³/mol. The fourth-order valence-electron chi connectivity index (χ4n) is 1.93. The van der Waals surface area contributed by atoms with Crippen LogP contribution in [0.1, 0.15) is 20.9 Å². The van der Waals surface area contributed by atoms with Crippen molar-refractivity contribution in [3.8, 4) is 11.8 Å². The molecule has 0 amide bonds. The van der Waals surface area contributed by atoms with Crippen molar-refractivity contribution in [2.24, 2.45) is 0 Å². The van der Waals surface area contributed by atoms with Crippen LogP contribution in [0.2, 0.25) is 0 Å². The van der Waals surface area contributed by atoms with Crippen molar-refractivity contribution in [3.63, 3.8) is 0 Å². The second-order valence-corrected chi connectivity index (χ2v) is 5.99. The molecule has 1 aromatic heterocycles. The minimum atomic E-state index is 0.0879. The van der Waals surface area contributed by atoms with E-state index in [4.69, 9.17) is 10.00 Å². The van der Waals surface area contributed by atoms with Crippen LogP contribution < -0.4 is 10.1 Å². The lowest BCUT2D eigenvalue weighted by atomic mass is 10.2. The molecule has 104 valence electrons. The molecule has 0 saturated heterocycles. The molecule has 0 fully saturated rings. The van der Waals surface area contributed by atoms with E-state index in [1.165, 1.54) is 15.3 Å². The molecule has 1 N–H and O–H groups in total. The molecule has 0 aliphatic heterocycles. The molecule has 0 bridgehead atoms. The van der Waals surface area contributed by atoms with Crippen molar-refractivity contribution in [3.05, 3.63) is 51.2 Å². The van der Waals surface area contributed by atoms with Crippen LogP contribution in [0.25, 0.3) is 0 Å². The van der Waals surface area contributed by atoms with Gasteiger partial charge in [-0.2, -0.15) is 5.26 Å². The average Bonchev–Trinajstić information content (AvgIpc) is 2.76. The average molecular weight is 286 g/mol. The van der Waals surface area contributed by atoms with Crippen LogP contribution >= 0.6 is 11.3 Å². The normalized spacial score (nSPS) is 10.2. The molecule has 0 spiro atoms. The van der Waals surface area contributed by atoms with Crippen molar-refractivity contribution in [2.45, 2.75) is 26.9 Å². The molecular weight excluding hydrogens is 268 g/mol. The molecule has 0 atom stereocenters. The Kier molecular flexibility index (Phi) is 5.16. The van der Waals surface area contributed by atoms with Crippen molar-refractivity contribution >= 4 is 11.3 Å². The van der Waals surface area contributed by atoms with Gasteiger partial charge >= 0.3 is 0 Å². The number of benzene rings is 1. The predicted octanol–water partition coefficient (Wildman–Crippen LogP) is 3.56. The largest absolute Gasteiger partial charge is 0.479 e. The molecule has 3 nitrogen and oxygen atoms in total. The fourth-order valence-corrected chi connectivity index (χ4v) is 2.95. The van der Waals surface area contributed by atoms with E-state index in [9.17, 15) is 0 Å². The Labute approximate surface area is 123 Å². The smallest absolute Gasteiger partial charge is 0.174 e. The maximum atomic E-state index is 8.50. The molecule has 0 aliphatic rings. The Morgan fingerprint density at radius 1 is 1.25 bits per heavy atom. The number of ether oxygens (including phenoxy) is 1. The summed E-state index contributed by atoms with van der Waals surface area (Å²) in [7, 11) is 0. The lowest BCUT2D eigenvalue weighted by molar-refractivity contribution is 0.367. The summed E-state index contributed by atoms with van der Waals surface area (Å²) < 4.78 is 5.29. The Hall–Kier alpha value is -1.83. The number of thiophene rings is 1. The van der Waals surface area contributed by atoms with Gasteiger partial charge in [0.05, 0.1) is 0 Å². The van der Waals surface area contributed by atoms with Crippen LogP contribution in [0, 0.1) is 25.2 Å². The lowest BCUT2D eigenvalue weighted by Crippen LogP contribution is -2.11. The van der Waals surface area contributed by atoms with Gasteiger partial charge in [-0.05, 0) is 43.2 Å². The third-order valence-corrected chi connectivity index (χ3v) is 4.20. The van der Waals surface area contributed by atoms with Crippen molar-refractivity contribution in [2.75, 3.05) is 6.61 Å². The zero-order valence-electron chi connectivity index (χ0n) is 11.8. The molecule has 0 saturated carbocycles. The Bertz CT molecular complexity index is 594. The van der Waals surface area contributed by atoms with Gasteiger partial charge in [0.1, 0.15) is 11.8 Å². The Balaban J connectivity index is 1.86. The third kappa shape index (κ3) is 4.09. The minimum Gasteiger partial charge on any atom is -0.479 e. The summed E-state index contributed by atoms with van der Waals surface area (Å²) in [5, 5.41) is 11.9. The standard InChI is InChI=1S/C16H18N2OS/c1-12-8-16(20-13(12)2)11-18-10-14-4-3-5-15(9-14)19-7-6-17/h3-5,8-9,18H,7,10-11H2,1-2H3. The van der Waals surface area contributed by atoms with Gasteiger partial charge < -0.3 is 10.1 Å². The monoisotopic (exact) mass is 286 g/mol. The number of nitrogens with one attached hydrogen (secondary N) is 1. The summed E-state index contributed by atoms with van der Waals surface area (Å²) in [5.41, 5.74) is 2.52. The Morgan fingerprint density at radius 3 is 2.80 bits per heavy atom. The van der Waals surface area contributed by atoms with E-state index in [0.29, 0.717) is 0 Å². The van der Waals surface area contributed by atoms with Gasteiger partial charge in [0.2, 0.25) is 0 Å². The van der Waals surface area contributed by atoms with Gasteiger partial charge in [0, 0.05) is 22.8 Å². The molecule has 4 heteroatoms. The maximum Gasteiger partial charge on any atom is 0.174 e. The minimum absolute atomic E-state index is 0.0879. The highest BCUT2D eigenvalue weighted by Crippen LogP contribution is 2.20. The number of hydrogen-bond acceptors (Lipinski definition) is 4. The fraction of sp³-hybridized carbons (Fsp3) is 0.312. The van der Waals surface area contributed by atoms with Gasteiger partial charge in [-0.1, -0.05) is 12.1 Å². The van der Waals surface area contributed by atoms with Crippen LogP contribution in [-0.2, 0) is 13.1 Å². The highest BCUT2D eigenvalue weighted by molar-refractivity contribution is 7.12. The quantitative estimate of drug-likeness (QED) is 0.883. The third-order valence-electron chi connectivity index (χ3n) is 3.05. The van der Waals surface area contributed by atoms with Crippen LogP contribution in [-0.4, -0.2) is 6.61 Å². The first-order valence-electron chi connectivity index (χ1n) is 6.54. The lowest BCUT2D eigenvalue weighted by Gasteiger charge is -2.06. The van der Waals surface area contributed by atoms with Gasteiger partial charge in [-0.25, -0.2) is 0 Å². The summed E-state index contributed by atoms with van der Waals surface area (Å²) >= 11 is 1.84. The first-order valence-corrected chi connectivity index (χ1v) is 7.36. The van der Waals surface area contributed by atoms with Gasteiger partial charge in [0.15, 0.2) is 6.61 Å². The van der Waals surface area contributed by atoms with E-state index in [1.807, 2.05) is 35.6 Å². The summed E-state index contributed by atoms with van der Waals surface area (Å²) in [6.45, 7) is 6.05. The molecular formula is C16H18N2OS. The number of hydrogen-bond donors (Lipinski definition) is 1. The van der Waals surface area contributed by atoms with Crippen LogP contribution in [0.3, 0.4) is 0 Å². The topological polar surface area (TPSA) is 45.0 Å². The van der Waals surface area contributed by atoms with Gasteiger partial charge in [-0.3, -0.25) is 0 Å². The number of aryl methyl sites for hydroxylation is 2. The summed E-state index contributed by atoms with van der Waals surface area (Å²) in [6.07, 6.45) is 0. The molecule has 2 rings (SSSR count). The van der Waals surface area contributed by atoms with Crippen LogP contribution in [0.15, 0.2) is 30.3 Å². The summed E-state index contributed by atoms with van der Waals surface area (Å²) in [4.78, 5) is 2.74. The summed E-state index contributed by atoms with van der Waals surface area (Å²) in [5.74, 6) is 0.744. The number of nitrogens with zero attached hydrogens (tertiary/aromatic N) is 1. The van der Waals surface area contributed by atoms with Crippen molar-refractivity contribution < 1.29 is 4.74 Å². The first kappa shape index (κ1) is 14.6. The van der Waals surface area contributed by atoms with E-state index < -0.39 is 0 Å². The van der Waals surface area contributed by atoms with Crippen LogP contribution in [0.5, 0.6) is 5.75 Å². The number of rotatable bonds is 6. The van der Waals surface area contributed by atoms with Crippen molar-refractivity contribution in [1.82, 2.24) is 5.32 Å². The van der Waals surface area contributed by atoms with E-state index in [2.05, 4.69) is 31.3 Å². The highest BCUT2D eigenvalue weighted by atomic mass is 32.1. The van der Waals surface area contributed by atoms with Gasteiger partial charge in [0.25, 0.3) is 0 Å². The van der Waals surface area contributed by atoms with E-state index in [0.717, 1.165) is 24.4 Å². The molecule has 1 heterocycles. The number of nitriles is 1. The highest BCUT2D eigenvalue weighted by Gasteiger charge is 2.02. The van der Waals surface area contributed by atoms with Gasteiger partial charge in [-0.15, -0.1) is 11.3 Å². The molecule has 1 aromatic carbocycles. The zero-order chi connectivity index (χ0) is 14.4. The molecule has 20 heavy (non-hydrogen) atoms. The molecule has 2 aromatic rings. The Morgan fingerprint density at radius 2 is 2.10 bits per heavy atom. The summed E-state index contributed by atoms with van der Waals surface area (Å²) in [6, 6.07) is 12.0. The molecule has 0 unspecified atom stereocenters. The van der Waals surface area contributed by atoms with E-state index in [-0.39, 0.29) is 6.61 Å². The van der Waals surface area contributed by atoms with Crippen molar-refractivity contribution in [1.29, 1.82) is 5.26 Å². The second-order valence-electron chi connectivity index (χ2n) is 4.65. The zero-order valence-corrected chi connectivity index (χ0v) is 12.6. The van der Waals surface area contributed by atoms with E-state index >= 15 is 0 Å². The molecule has 0 radical (unpaired) electrons. The first-order chi connectivity index (χ1) is 9.69.